The smallest absolute Gasteiger partial charge is 0.335 e. The molecule has 0 aromatic heterocycles. The predicted octanol–water partition coefficient (Wildman–Crippen LogP) is 2.03. The molecule has 0 fully saturated rings. The van der Waals surface area contributed by atoms with E-state index in [1.165, 1.54) is 6.08 Å². The third-order valence-corrected chi connectivity index (χ3v) is 2.20. The van der Waals surface area contributed by atoms with Crippen LogP contribution in [0.3, 0.4) is 0 Å². The summed E-state index contributed by atoms with van der Waals surface area (Å²) in [6, 6.07) is 9.80. The van der Waals surface area contributed by atoms with Crippen LogP contribution in [0, 0.1) is 0 Å². The number of hydrogen-bond donors (Lipinski definition) is 0. The number of cyclic esters (lactones) is 1. The predicted molar refractivity (Wildman–Crippen MR) is 54.9 cm³/mol. The van der Waals surface area contributed by atoms with E-state index in [1.807, 2.05) is 30.3 Å². The molecule has 1 atom stereocenters. The molecule has 0 spiro atoms. The Morgan fingerprint density at radius 1 is 1.33 bits per heavy atom. The van der Waals surface area contributed by atoms with E-state index in [0.29, 0.717) is 12.4 Å². The van der Waals surface area contributed by atoms with Crippen LogP contribution in [0.25, 0.3) is 0 Å². The van der Waals surface area contributed by atoms with Gasteiger partial charge in [0.25, 0.3) is 0 Å². The molecule has 1 aliphatic heterocycles. The van der Waals surface area contributed by atoms with Crippen LogP contribution >= 0.6 is 0 Å². The van der Waals surface area contributed by atoms with Crippen molar-refractivity contribution in [2.45, 2.75) is 19.6 Å². The second-order valence-corrected chi connectivity index (χ2v) is 3.40. The van der Waals surface area contributed by atoms with Crippen molar-refractivity contribution in [3.8, 4) is 0 Å². The first kappa shape index (κ1) is 9.77. The molecule has 1 aliphatic rings. The normalized spacial score (nSPS) is 19.7. The van der Waals surface area contributed by atoms with Crippen molar-refractivity contribution in [2.24, 2.45) is 0 Å². The zero-order valence-electron chi connectivity index (χ0n) is 8.47. The number of rotatable bonds is 3. The van der Waals surface area contributed by atoms with Gasteiger partial charge in [0.15, 0.2) is 6.10 Å². The summed E-state index contributed by atoms with van der Waals surface area (Å²) in [5, 5.41) is 0. The molecule has 1 aromatic carbocycles. The number of hydrogen-bond acceptors (Lipinski definition) is 3. The van der Waals surface area contributed by atoms with Crippen LogP contribution in [0.15, 0.2) is 42.2 Å². The van der Waals surface area contributed by atoms with Gasteiger partial charge in [-0.2, -0.15) is 0 Å². The molecular formula is C12H12O3. The van der Waals surface area contributed by atoms with Crippen LogP contribution in [-0.2, 0) is 20.9 Å². The lowest BCUT2D eigenvalue weighted by Crippen LogP contribution is -2.08. The fourth-order valence-electron chi connectivity index (χ4n) is 1.40. The van der Waals surface area contributed by atoms with E-state index >= 15 is 0 Å². The van der Waals surface area contributed by atoms with Gasteiger partial charge < -0.3 is 9.47 Å². The number of carbonyl (C=O) groups excluding carboxylic acids is 1. The summed E-state index contributed by atoms with van der Waals surface area (Å²) < 4.78 is 10.4. The molecule has 0 radical (unpaired) electrons. The van der Waals surface area contributed by atoms with E-state index in [2.05, 4.69) is 0 Å². The molecule has 1 aromatic rings. The van der Waals surface area contributed by atoms with Gasteiger partial charge in [0.2, 0.25) is 0 Å². The van der Waals surface area contributed by atoms with Gasteiger partial charge in [-0.25, -0.2) is 4.79 Å². The molecule has 2 rings (SSSR count). The molecule has 0 unspecified atom stereocenters. The maximum atomic E-state index is 10.9. The number of esters is 1. The minimum absolute atomic E-state index is 0.263. The number of ether oxygens (including phenoxy) is 2. The lowest BCUT2D eigenvalue weighted by molar-refractivity contribution is -0.138. The van der Waals surface area contributed by atoms with Gasteiger partial charge in [0.05, 0.1) is 6.08 Å². The highest BCUT2D eigenvalue weighted by atomic mass is 16.6. The fourth-order valence-corrected chi connectivity index (χ4v) is 1.40. The zero-order chi connectivity index (χ0) is 10.7. The monoisotopic (exact) mass is 204 g/mol. The zero-order valence-corrected chi connectivity index (χ0v) is 8.47. The SMILES string of the molecule is C[C@@H]1OC(=O)C=C1OCc1ccccc1. The molecule has 0 amide bonds. The summed E-state index contributed by atoms with van der Waals surface area (Å²) in [6.45, 7) is 2.26. The van der Waals surface area contributed by atoms with Gasteiger partial charge in [-0.15, -0.1) is 0 Å². The highest BCUT2D eigenvalue weighted by Gasteiger charge is 2.23. The summed E-state index contributed by atoms with van der Waals surface area (Å²) in [6.07, 6.45) is 1.13. The molecule has 1 heterocycles. The highest BCUT2D eigenvalue weighted by molar-refractivity contribution is 5.85. The van der Waals surface area contributed by atoms with Crippen molar-refractivity contribution in [1.29, 1.82) is 0 Å². The van der Waals surface area contributed by atoms with E-state index < -0.39 is 0 Å². The Kier molecular flexibility index (Phi) is 2.72. The first-order chi connectivity index (χ1) is 7.25. The maximum absolute atomic E-state index is 10.9. The van der Waals surface area contributed by atoms with Gasteiger partial charge in [0, 0.05) is 0 Å². The highest BCUT2D eigenvalue weighted by Crippen LogP contribution is 2.17. The van der Waals surface area contributed by atoms with Gasteiger partial charge in [0.1, 0.15) is 12.4 Å². The molecule has 0 aliphatic carbocycles. The molecular weight excluding hydrogens is 192 g/mol. The van der Waals surface area contributed by atoms with Crippen molar-refractivity contribution < 1.29 is 14.3 Å². The third-order valence-electron chi connectivity index (χ3n) is 2.20. The van der Waals surface area contributed by atoms with Gasteiger partial charge >= 0.3 is 5.97 Å². The summed E-state index contributed by atoms with van der Waals surface area (Å²) in [4.78, 5) is 10.9. The molecule has 0 saturated carbocycles. The number of benzene rings is 1. The van der Waals surface area contributed by atoms with Crippen molar-refractivity contribution in [1.82, 2.24) is 0 Å². The Hall–Kier alpha value is -1.77. The summed E-state index contributed by atoms with van der Waals surface area (Å²) in [7, 11) is 0. The Balaban J connectivity index is 1.94. The van der Waals surface area contributed by atoms with E-state index in [1.54, 1.807) is 6.92 Å². The van der Waals surface area contributed by atoms with Crippen molar-refractivity contribution >= 4 is 5.97 Å². The van der Waals surface area contributed by atoms with Crippen LogP contribution in [0.1, 0.15) is 12.5 Å². The lowest BCUT2D eigenvalue weighted by atomic mass is 10.2. The fraction of sp³-hybridized carbons (Fsp3) is 0.250. The van der Waals surface area contributed by atoms with Crippen LogP contribution in [0.2, 0.25) is 0 Å². The third kappa shape index (κ3) is 2.37. The van der Waals surface area contributed by atoms with Crippen LogP contribution in [-0.4, -0.2) is 12.1 Å². The lowest BCUT2D eigenvalue weighted by Gasteiger charge is -2.10. The quantitative estimate of drug-likeness (QED) is 0.707. The average molecular weight is 204 g/mol. The molecule has 3 heteroatoms. The molecule has 3 nitrogen and oxygen atoms in total. The second-order valence-electron chi connectivity index (χ2n) is 3.40. The molecule has 78 valence electrons. The van der Waals surface area contributed by atoms with E-state index in [9.17, 15) is 4.79 Å². The molecule has 0 N–H and O–H groups in total. The summed E-state index contributed by atoms with van der Waals surface area (Å²) >= 11 is 0. The molecule has 15 heavy (non-hydrogen) atoms. The van der Waals surface area contributed by atoms with Crippen molar-refractivity contribution in [3.05, 3.63) is 47.7 Å². The van der Waals surface area contributed by atoms with Crippen molar-refractivity contribution in [3.63, 3.8) is 0 Å². The first-order valence-corrected chi connectivity index (χ1v) is 4.84. The molecule has 0 saturated heterocycles. The minimum Gasteiger partial charge on any atom is -0.489 e. The number of carbonyl (C=O) groups is 1. The van der Waals surface area contributed by atoms with Crippen LogP contribution < -0.4 is 0 Å². The van der Waals surface area contributed by atoms with Gasteiger partial charge in [-0.05, 0) is 12.5 Å². The Labute approximate surface area is 88.3 Å². The Morgan fingerprint density at radius 3 is 2.67 bits per heavy atom. The topological polar surface area (TPSA) is 35.5 Å². The average Bonchev–Trinajstić information content (AvgIpc) is 2.56. The summed E-state index contributed by atoms with van der Waals surface area (Å²) in [5.41, 5.74) is 1.07. The van der Waals surface area contributed by atoms with E-state index in [0.717, 1.165) is 5.56 Å². The van der Waals surface area contributed by atoms with Gasteiger partial charge in [-0.1, -0.05) is 30.3 Å². The Morgan fingerprint density at radius 2 is 2.07 bits per heavy atom. The van der Waals surface area contributed by atoms with Crippen LogP contribution in [0.5, 0.6) is 0 Å². The molecule has 0 bridgehead atoms. The van der Waals surface area contributed by atoms with Crippen LogP contribution in [0.4, 0.5) is 0 Å². The van der Waals surface area contributed by atoms with E-state index in [-0.39, 0.29) is 12.1 Å². The van der Waals surface area contributed by atoms with Gasteiger partial charge in [-0.3, -0.25) is 0 Å². The summed E-state index contributed by atoms with van der Waals surface area (Å²) in [5.74, 6) is 0.273. The largest absolute Gasteiger partial charge is 0.489 e. The second kappa shape index (κ2) is 4.17. The Bertz CT molecular complexity index is 381. The maximum Gasteiger partial charge on any atom is 0.335 e. The van der Waals surface area contributed by atoms with E-state index in [4.69, 9.17) is 9.47 Å². The standard InChI is InChI=1S/C12H12O3/c1-9-11(7-12(13)15-9)14-8-10-5-3-2-4-6-10/h2-7,9H,8H2,1H3/t9-/m0/s1. The minimum atomic E-state index is -0.328. The van der Waals surface area contributed by atoms with Crippen molar-refractivity contribution in [2.75, 3.05) is 0 Å². The first-order valence-electron chi connectivity index (χ1n) is 4.84.